The van der Waals surface area contributed by atoms with Gasteiger partial charge in [0.25, 0.3) is 6.43 Å². The molecule has 134 valence electrons. The van der Waals surface area contributed by atoms with Gasteiger partial charge in [-0.1, -0.05) is 5.92 Å². The van der Waals surface area contributed by atoms with Gasteiger partial charge in [-0.25, -0.2) is 18.6 Å². The van der Waals surface area contributed by atoms with Crippen molar-refractivity contribution in [1.82, 2.24) is 4.98 Å². The maximum atomic E-state index is 13.2. The fraction of sp³-hybridized carbons (Fsp3) is 0.300. The fourth-order valence-corrected chi connectivity index (χ4v) is 2.49. The van der Waals surface area contributed by atoms with Crippen LogP contribution in [0.2, 0.25) is 0 Å². The molecule has 1 aromatic heterocycles. The van der Waals surface area contributed by atoms with Crippen molar-refractivity contribution in [2.24, 2.45) is 5.92 Å². The Balaban J connectivity index is 2.17. The number of carbonyl (C=O) groups excluding carboxylic acids is 1. The van der Waals surface area contributed by atoms with Crippen molar-refractivity contribution in [2.75, 3.05) is 14.2 Å². The van der Waals surface area contributed by atoms with Crippen LogP contribution in [-0.2, 0) is 4.74 Å². The van der Waals surface area contributed by atoms with Crippen LogP contribution in [0.3, 0.4) is 0 Å². The molecule has 6 heteroatoms. The molecule has 1 fully saturated rings. The van der Waals surface area contributed by atoms with Gasteiger partial charge in [0, 0.05) is 28.8 Å². The minimum absolute atomic E-state index is 0.161. The third-order valence-electron chi connectivity index (χ3n) is 4.06. The van der Waals surface area contributed by atoms with Crippen molar-refractivity contribution in [3.63, 3.8) is 0 Å². The first-order valence-corrected chi connectivity index (χ1v) is 8.10. The van der Waals surface area contributed by atoms with Gasteiger partial charge in [-0.2, -0.15) is 0 Å². The van der Waals surface area contributed by atoms with Gasteiger partial charge in [-0.05, 0) is 43.0 Å². The lowest BCUT2D eigenvalue weighted by Gasteiger charge is -2.14. The topological polar surface area (TPSA) is 48.4 Å². The molecule has 0 bridgehead atoms. The zero-order valence-corrected chi connectivity index (χ0v) is 14.4. The van der Waals surface area contributed by atoms with E-state index in [-0.39, 0.29) is 11.1 Å². The van der Waals surface area contributed by atoms with E-state index in [1.807, 2.05) is 0 Å². The van der Waals surface area contributed by atoms with E-state index in [0.29, 0.717) is 28.5 Å². The number of carbonyl (C=O) groups is 1. The van der Waals surface area contributed by atoms with Crippen molar-refractivity contribution < 1.29 is 23.0 Å². The molecule has 0 amide bonds. The highest BCUT2D eigenvalue weighted by molar-refractivity contribution is 5.98. The smallest absolute Gasteiger partial charge is 0.340 e. The molecule has 1 aliphatic rings. The predicted octanol–water partition coefficient (Wildman–Crippen LogP) is 4.24. The van der Waals surface area contributed by atoms with Gasteiger partial charge in [0.15, 0.2) is 0 Å². The second-order valence-corrected chi connectivity index (χ2v) is 5.91. The number of pyridine rings is 1. The molecule has 0 atom stereocenters. The summed E-state index contributed by atoms with van der Waals surface area (Å²) in [6.45, 7) is 0. The van der Waals surface area contributed by atoms with Crippen molar-refractivity contribution in [1.29, 1.82) is 0 Å². The number of esters is 1. The van der Waals surface area contributed by atoms with Crippen LogP contribution < -0.4 is 4.74 Å². The van der Waals surface area contributed by atoms with Crippen LogP contribution in [0.1, 0.15) is 40.9 Å². The number of ether oxygens (including phenoxy) is 2. The largest absolute Gasteiger partial charge is 0.496 e. The average molecular weight is 357 g/mol. The van der Waals surface area contributed by atoms with E-state index in [9.17, 15) is 13.6 Å². The van der Waals surface area contributed by atoms with Gasteiger partial charge < -0.3 is 9.47 Å². The second kappa shape index (κ2) is 7.52. The molecular weight excluding hydrogens is 340 g/mol. The number of halogens is 2. The second-order valence-electron chi connectivity index (χ2n) is 5.91. The van der Waals surface area contributed by atoms with Gasteiger partial charge >= 0.3 is 5.97 Å². The number of nitrogens with zero attached hydrogens (tertiary/aromatic N) is 1. The van der Waals surface area contributed by atoms with Gasteiger partial charge in [-0.3, -0.25) is 0 Å². The summed E-state index contributed by atoms with van der Waals surface area (Å²) >= 11 is 0. The predicted molar refractivity (Wildman–Crippen MR) is 92.1 cm³/mol. The number of hydrogen-bond acceptors (Lipinski definition) is 4. The van der Waals surface area contributed by atoms with Crippen LogP contribution in [-0.4, -0.2) is 25.2 Å². The number of rotatable bonds is 4. The normalized spacial score (nSPS) is 13.1. The SMILES string of the molecule is COC(=O)c1cnc(C#CC2CC2)cc1-c1cc(C(F)F)ccc1OC. The highest BCUT2D eigenvalue weighted by atomic mass is 19.3. The summed E-state index contributed by atoms with van der Waals surface area (Å²) in [6.07, 6.45) is 0.860. The molecule has 0 radical (unpaired) electrons. The number of alkyl halides is 2. The fourth-order valence-electron chi connectivity index (χ4n) is 2.49. The van der Waals surface area contributed by atoms with E-state index >= 15 is 0 Å². The quantitative estimate of drug-likeness (QED) is 0.606. The number of methoxy groups -OCH3 is 2. The van der Waals surface area contributed by atoms with Gasteiger partial charge in [0.2, 0.25) is 0 Å². The average Bonchev–Trinajstić information content (AvgIpc) is 3.49. The lowest BCUT2D eigenvalue weighted by Crippen LogP contribution is -2.06. The summed E-state index contributed by atoms with van der Waals surface area (Å²) in [4.78, 5) is 16.3. The van der Waals surface area contributed by atoms with Crippen LogP contribution in [0.15, 0.2) is 30.5 Å². The first-order valence-electron chi connectivity index (χ1n) is 8.10. The Morgan fingerprint density at radius 2 is 2.00 bits per heavy atom. The van der Waals surface area contributed by atoms with Gasteiger partial charge in [0.1, 0.15) is 11.4 Å². The summed E-state index contributed by atoms with van der Waals surface area (Å²) in [5, 5.41) is 0. The Kier molecular flexibility index (Phi) is 5.17. The molecule has 4 nitrogen and oxygen atoms in total. The molecule has 1 aromatic carbocycles. The summed E-state index contributed by atoms with van der Waals surface area (Å²) in [5.41, 5.74) is 1.21. The molecule has 1 heterocycles. The van der Waals surface area contributed by atoms with Crippen molar-refractivity contribution in [3.8, 4) is 28.7 Å². The van der Waals surface area contributed by atoms with Gasteiger partial charge in [0.05, 0.1) is 19.8 Å². The first kappa shape index (κ1) is 17.9. The molecule has 0 saturated heterocycles. The Hall–Kier alpha value is -2.94. The number of aromatic nitrogens is 1. The molecule has 0 spiro atoms. The van der Waals surface area contributed by atoms with E-state index in [2.05, 4.69) is 16.8 Å². The van der Waals surface area contributed by atoms with E-state index in [4.69, 9.17) is 9.47 Å². The molecule has 2 aromatic rings. The summed E-state index contributed by atoms with van der Waals surface area (Å²) in [7, 11) is 2.69. The lowest BCUT2D eigenvalue weighted by molar-refractivity contribution is 0.0601. The first-order chi connectivity index (χ1) is 12.5. The van der Waals surface area contributed by atoms with Gasteiger partial charge in [-0.15, -0.1) is 0 Å². The zero-order chi connectivity index (χ0) is 18.7. The van der Waals surface area contributed by atoms with Crippen LogP contribution in [0.4, 0.5) is 8.78 Å². The highest BCUT2D eigenvalue weighted by Crippen LogP contribution is 2.36. The minimum Gasteiger partial charge on any atom is -0.496 e. The monoisotopic (exact) mass is 357 g/mol. The Morgan fingerprint density at radius 3 is 2.62 bits per heavy atom. The molecule has 0 N–H and O–H groups in total. The Bertz CT molecular complexity index is 896. The standard InChI is InChI=1S/C20H17F2NO3/c1-25-18-8-6-13(19(21)22)9-16(18)15-10-14(7-5-12-3-4-12)23-11-17(15)20(24)26-2/h6,8-12,19H,3-4H2,1-2H3. The zero-order valence-electron chi connectivity index (χ0n) is 14.4. The molecule has 0 aliphatic heterocycles. The number of hydrogen-bond donors (Lipinski definition) is 0. The van der Waals surface area contributed by atoms with Crippen LogP contribution in [0.5, 0.6) is 5.75 Å². The summed E-state index contributed by atoms with van der Waals surface area (Å²) in [6, 6.07) is 5.66. The Labute approximate surface area is 150 Å². The van der Waals surface area contributed by atoms with Crippen LogP contribution >= 0.6 is 0 Å². The molecular formula is C20H17F2NO3. The minimum atomic E-state index is -2.64. The van der Waals surface area contributed by atoms with E-state index in [1.54, 1.807) is 6.07 Å². The Morgan fingerprint density at radius 1 is 1.23 bits per heavy atom. The molecule has 26 heavy (non-hydrogen) atoms. The van der Waals surface area contributed by atoms with Crippen molar-refractivity contribution in [3.05, 3.63) is 47.3 Å². The third-order valence-corrected chi connectivity index (χ3v) is 4.06. The third kappa shape index (κ3) is 3.83. The lowest BCUT2D eigenvalue weighted by atomic mass is 9.97. The van der Waals surface area contributed by atoms with Crippen LogP contribution in [0.25, 0.3) is 11.1 Å². The molecule has 1 saturated carbocycles. The van der Waals surface area contributed by atoms with E-state index < -0.39 is 12.4 Å². The van der Waals surface area contributed by atoms with E-state index in [0.717, 1.165) is 12.8 Å². The maximum absolute atomic E-state index is 13.2. The summed E-state index contributed by atoms with van der Waals surface area (Å²) in [5.74, 6) is 6.21. The highest BCUT2D eigenvalue weighted by Gasteiger charge is 2.21. The van der Waals surface area contributed by atoms with Crippen molar-refractivity contribution in [2.45, 2.75) is 19.3 Å². The molecule has 0 unspecified atom stereocenters. The molecule has 3 rings (SSSR count). The van der Waals surface area contributed by atoms with E-state index in [1.165, 1.54) is 38.6 Å². The maximum Gasteiger partial charge on any atom is 0.340 e. The van der Waals surface area contributed by atoms with Crippen LogP contribution in [0, 0.1) is 17.8 Å². The summed E-state index contributed by atoms with van der Waals surface area (Å²) < 4.78 is 36.4. The molecule has 1 aliphatic carbocycles. The van der Waals surface area contributed by atoms with Crippen molar-refractivity contribution >= 4 is 5.97 Å². The number of benzene rings is 1.